The van der Waals surface area contributed by atoms with Crippen LogP contribution < -0.4 is 0 Å². The molecule has 4 nitrogen and oxygen atoms in total. The predicted molar refractivity (Wildman–Crippen MR) is 137 cm³/mol. The van der Waals surface area contributed by atoms with E-state index in [0.717, 1.165) is 12.8 Å². The van der Waals surface area contributed by atoms with Crippen molar-refractivity contribution in [2.75, 3.05) is 0 Å². The summed E-state index contributed by atoms with van der Waals surface area (Å²) < 4.78 is 0. The summed E-state index contributed by atoms with van der Waals surface area (Å²) in [5.41, 5.74) is 2.08. The fourth-order valence-electron chi connectivity index (χ4n) is 3.70. The SMILES string of the molecule is CC(C)(C)CCCC(=O)c1ccc(C(=O)CCCC(=O)c2ccc(C(=O)C(C)(C)C)cc2)cc1. The number of benzene rings is 2. The van der Waals surface area contributed by atoms with E-state index in [4.69, 9.17) is 0 Å². The maximum Gasteiger partial charge on any atom is 0.168 e. The minimum Gasteiger partial charge on any atom is -0.294 e. The van der Waals surface area contributed by atoms with Gasteiger partial charge in [-0.25, -0.2) is 0 Å². The lowest BCUT2D eigenvalue weighted by Gasteiger charge is -2.17. The molecule has 0 aliphatic rings. The highest BCUT2D eigenvalue weighted by Gasteiger charge is 2.23. The van der Waals surface area contributed by atoms with Gasteiger partial charge < -0.3 is 0 Å². The molecule has 0 saturated heterocycles. The Balaban J connectivity index is 1.83. The number of carbonyl (C=O) groups excluding carboxylic acids is 4. The van der Waals surface area contributed by atoms with Crippen molar-refractivity contribution in [3.63, 3.8) is 0 Å². The molecule has 4 heteroatoms. The molecule has 0 bridgehead atoms. The first-order chi connectivity index (χ1) is 15.8. The summed E-state index contributed by atoms with van der Waals surface area (Å²) >= 11 is 0. The van der Waals surface area contributed by atoms with Crippen LogP contribution in [0, 0.1) is 10.8 Å². The lowest BCUT2D eigenvalue weighted by molar-refractivity contribution is 0.0856. The molecule has 0 N–H and O–H groups in total. The lowest BCUT2D eigenvalue weighted by Crippen LogP contribution is -2.20. The first-order valence-corrected chi connectivity index (χ1v) is 12.1. The Morgan fingerprint density at radius 3 is 1.18 bits per heavy atom. The van der Waals surface area contributed by atoms with E-state index in [1.807, 2.05) is 20.8 Å². The van der Waals surface area contributed by atoms with E-state index in [2.05, 4.69) is 20.8 Å². The van der Waals surface area contributed by atoms with Gasteiger partial charge in [0.05, 0.1) is 0 Å². The second-order valence-electron chi connectivity index (χ2n) is 11.3. The molecule has 0 saturated carbocycles. The first kappa shape index (κ1) is 27.4. The highest BCUT2D eigenvalue weighted by molar-refractivity contribution is 6.02. The van der Waals surface area contributed by atoms with E-state index in [9.17, 15) is 19.2 Å². The summed E-state index contributed by atoms with van der Waals surface area (Å²) in [6.45, 7) is 12.1. The summed E-state index contributed by atoms with van der Waals surface area (Å²) in [6.07, 6.45) is 3.35. The predicted octanol–water partition coefficient (Wildman–Crippen LogP) is 7.55. The Hall–Kier alpha value is -2.88. The van der Waals surface area contributed by atoms with Gasteiger partial charge in [-0.3, -0.25) is 19.2 Å². The van der Waals surface area contributed by atoms with Crippen LogP contribution in [0.2, 0.25) is 0 Å². The van der Waals surface area contributed by atoms with Crippen molar-refractivity contribution in [3.8, 4) is 0 Å². The normalized spacial score (nSPS) is 11.8. The maximum atomic E-state index is 12.5. The molecular weight excluding hydrogens is 424 g/mol. The van der Waals surface area contributed by atoms with Crippen LogP contribution >= 0.6 is 0 Å². The smallest absolute Gasteiger partial charge is 0.168 e. The molecule has 0 unspecified atom stereocenters. The van der Waals surface area contributed by atoms with Gasteiger partial charge in [0.25, 0.3) is 0 Å². The van der Waals surface area contributed by atoms with E-state index < -0.39 is 5.41 Å². The van der Waals surface area contributed by atoms with Crippen LogP contribution in [0.5, 0.6) is 0 Å². The average Bonchev–Trinajstić information content (AvgIpc) is 2.77. The van der Waals surface area contributed by atoms with Crippen molar-refractivity contribution in [2.24, 2.45) is 10.8 Å². The van der Waals surface area contributed by atoms with Crippen LogP contribution in [0.1, 0.15) is 121 Å². The summed E-state index contributed by atoms with van der Waals surface area (Å²) in [7, 11) is 0. The molecule has 0 spiro atoms. The number of rotatable bonds is 11. The zero-order valence-corrected chi connectivity index (χ0v) is 21.5. The lowest BCUT2D eigenvalue weighted by atomic mass is 9.86. The molecule has 0 aliphatic heterocycles. The Morgan fingerprint density at radius 2 is 0.853 bits per heavy atom. The zero-order chi connectivity index (χ0) is 25.5. The number of ketones is 4. The molecular formula is C30H38O4. The Bertz CT molecular complexity index is 1010. The van der Waals surface area contributed by atoms with Gasteiger partial charge in [-0.15, -0.1) is 0 Å². The summed E-state index contributed by atoms with van der Waals surface area (Å²) in [5, 5.41) is 0. The number of hydrogen-bond donors (Lipinski definition) is 0. The Kier molecular flexibility index (Phi) is 9.26. The molecule has 2 aromatic rings. The van der Waals surface area contributed by atoms with Crippen molar-refractivity contribution in [3.05, 3.63) is 70.8 Å². The minimum absolute atomic E-state index is 0.0364. The van der Waals surface area contributed by atoms with Crippen LogP contribution in [0.3, 0.4) is 0 Å². The third-order valence-corrected chi connectivity index (χ3v) is 5.82. The molecule has 2 aromatic carbocycles. The summed E-state index contributed by atoms with van der Waals surface area (Å²) in [6, 6.07) is 13.6. The van der Waals surface area contributed by atoms with Gasteiger partial charge in [0.1, 0.15) is 0 Å². The van der Waals surface area contributed by atoms with Gasteiger partial charge in [0.15, 0.2) is 23.1 Å². The fraction of sp³-hybridized carbons (Fsp3) is 0.467. The van der Waals surface area contributed by atoms with Crippen LogP contribution in [-0.4, -0.2) is 23.1 Å². The van der Waals surface area contributed by atoms with Gasteiger partial charge >= 0.3 is 0 Å². The highest BCUT2D eigenvalue weighted by Crippen LogP contribution is 2.23. The topological polar surface area (TPSA) is 68.3 Å². The van der Waals surface area contributed by atoms with Crippen LogP contribution in [-0.2, 0) is 0 Å². The van der Waals surface area contributed by atoms with Crippen molar-refractivity contribution in [1.82, 2.24) is 0 Å². The van der Waals surface area contributed by atoms with E-state index in [1.54, 1.807) is 48.5 Å². The third-order valence-electron chi connectivity index (χ3n) is 5.82. The first-order valence-electron chi connectivity index (χ1n) is 12.1. The third kappa shape index (κ3) is 8.48. The zero-order valence-electron chi connectivity index (χ0n) is 21.5. The maximum absolute atomic E-state index is 12.5. The second-order valence-corrected chi connectivity index (χ2v) is 11.3. The molecule has 0 atom stereocenters. The quantitative estimate of drug-likeness (QED) is 0.323. The van der Waals surface area contributed by atoms with E-state index in [0.29, 0.717) is 35.1 Å². The molecule has 0 aromatic heterocycles. The fourth-order valence-corrected chi connectivity index (χ4v) is 3.70. The van der Waals surface area contributed by atoms with Crippen molar-refractivity contribution < 1.29 is 19.2 Å². The molecule has 0 fully saturated rings. The van der Waals surface area contributed by atoms with E-state index in [1.165, 1.54) is 0 Å². The largest absolute Gasteiger partial charge is 0.294 e. The number of Topliss-reactive ketones (excluding diaryl/α,β-unsaturated/α-hetero) is 4. The van der Waals surface area contributed by atoms with Crippen molar-refractivity contribution in [1.29, 1.82) is 0 Å². The number of carbonyl (C=O) groups is 4. The molecule has 0 aliphatic carbocycles. The standard InChI is InChI=1S/C30H38O4/c1-29(2,3)20-8-11-27(33)22-14-12-21(13-15-22)25(31)9-7-10-26(32)23-16-18-24(19-17-23)28(34)30(4,5)6/h12-19H,7-11,20H2,1-6H3. The highest BCUT2D eigenvalue weighted by atomic mass is 16.1. The molecule has 2 rings (SSSR count). The molecule has 0 radical (unpaired) electrons. The van der Waals surface area contributed by atoms with E-state index >= 15 is 0 Å². The van der Waals surface area contributed by atoms with Crippen molar-refractivity contribution in [2.45, 2.75) is 80.1 Å². The van der Waals surface area contributed by atoms with Gasteiger partial charge in [0.2, 0.25) is 0 Å². The summed E-state index contributed by atoms with van der Waals surface area (Å²) in [4.78, 5) is 49.7. The van der Waals surface area contributed by atoms with Crippen LogP contribution in [0.4, 0.5) is 0 Å². The molecule has 0 amide bonds. The Labute approximate surface area is 204 Å². The molecule has 182 valence electrons. The van der Waals surface area contributed by atoms with E-state index in [-0.39, 0.29) is 41.4 Å². The van der Waals surface area contributed by atoms with Gasteiger partial charge in [0, 0.05) is 46.9 Å². The number of hydrogen-bond acceptors (Lipinski definition) is 4. The second kappa shape index (κ2) is 11.5. The van der Waals surface area contributed by atoms with Gasteiger partial charge in [-0.1, -0.05) is 90.1 Å². The van der Waals surface area contributed by atoms with Gasteiger partial charge in [-0.2, -0.15) is 0 Å². The van der Waals surface area contributed by atoms with Crippen LogP contribution in [0.25, 0.3) is 0 Å². The van der Waals surface area contributed by atoms with Gasteiger partial charge in [-0.05, 0) is 24.7 Å². The molecule has 0 heterocycles. The molecule has 34 heavy (non-hydrogen) atoms. The minimum atomic E-state index is -0.469. The van der Waals surface area contributed by atoms with Crippen molar-refractivity contribution >= 4 is 23.1 Å². The average molecular weight is 463 g/mol. The Morgan fingerprint density at radius 1 is 0.529 bits per heavy atom. The monoisotopic (exact) mass is 462 g/mol. The summed E-state index contributed by atoms with van der Waals surface area (Å²) in [5.74, 6) is 0.0585. The van der Waals surface area contributed by atoms with Crippen LogP contribution in [0.15, 0.2) is 48.5 Å².